The highest BCUT2D eigenvalue weighted by molar-refractivity contribution is 6.03. The molecular formula is C27H27FN6O2. The maximum Gasteiger partial charge on any atom is 0.247 e. The molecule has 1 atom stereocenters. The number of aryl methyl sites for hydroxylation is 3. The van der Waals surface area contributed by atoms with E-state index in [0.717, 1.165) is 24.1 Å². The number of benzene rings is 1. The zero-order valence-corrected chi connectivity index (χ0v) is 20.7. The predicted molar refractivity (Wildman–Crippen MR) is 133 cm³/mol. The van der Waals surface area contributed by atoms with Crippen molar-refractivity contribution in [3.8, 4) is 23.0 Å². The van der Waals surface area contributed by atoms with Crippen LogP contribution in [0.5, 0.6) is 0 Å². The Morgan fingerprint density at radius 2 is 1.97 bits per heavy atom. The lowest BCUT2D eigenvalue weighted by Gasteiger charge is -2.22. The van der Waals surface area contributed by atoms with Crippen molar-refractivity contribution in [2.75, 3.05) is 16.8 Å². The minimum atomic E-state index is -0.968. The van der Waals surface area contributed by atoms with Crippen molar-refractivity contribution in [1.82, 2.24) is 14.8 Å². The number of nitrogens with zero attached hydrogens (tertiary/aromatic N) is 5. The van der Waals surface area contributed by atoms with Gasteiger partial charge in [-0.1, -0.05) is 0 Å². The monoisotopic (exact) mass is 486 g/mol. The number of hydrogen-bond donors (Lipinski definition) is 1. The van der Waals surface area contributed by atoms with E-state index in [1.807, 2.05) is 26.8 Å². The lowest BCUT2D eigenvalue weighted by Crippen LogP contribution is -2.35. The van der Waals surface area contributed by atoms with Crippen LogP contribution in [0.15, 0.2) is 30.5 Å². The molecule has 0 spiro atoms. The molecule has 0 unspecified atom stereocenters. The first kappa shape index (κ1) is 23.7. The number of nitrogens with one attached hydrogen (secondary N) is 1. The summed E-state index contributed by atoms with van der Waals surface area (Å²) in [6.45, 7) is 7.39. The van der Waals surface area contributed by atoms with E-state index in [4.69, 9.17) is 4.98 Å². The van der Waals surface area contributed by atoms with Gasteiger partial charge in [-0.2, -0.15) is 10.4 Å². The normalized spacial score (nSPS) is 19.4. The van der Waals surface area contributed by atoms with Crippen LogP contribution in [0.1, 0.15) is 43.1 Å². The van der Waals surface area contributed by atoms with Gasteiger partial charge < -0.3 is 10.2 Å². The summed E-state index contributed by atoms with van der Waals surface area (Å²) in [5, 5.41) is 17.1. The Bertz CT molecular complexity index is 1430. The molecule has 2 aliphatic rings. The van der Waals surface area contributed by atoms with Crippen LogP contribution >= 0.6 is 0 Å². The Labute approximate surface area is 208 Å². The topological polar surface area (TPSA) is 104 Å². The summed E-state index contributed by atoms with van der Waals surface area (Å²) in [6.07, 6.45) is 4.09. The molecule has 184 valence electrons. The number of amides is 2. The number of carbonyl (C=O) groups is 2. The molecule has 2 amide bonds. The minimum Gasteiger partial charge on any atom is -0.326 e. The maximum atomic E-state index is 14.7. The summed E-state index contributed by atoms with van der Waals surface area (Å²) in [7, 11) is 0. The summed E-state index contributed by atoms with van der Waals surface area (Å²) in [4.78, 5) is 31.8. The van der Waals surface area contributed by atoms with Gasteiger partial charge in [0.1, 0.15) is 11.2 Å². The van der Waals surface area contributed by atoms with Gasteiger partial charge in [-0.25, -0.2) is 9.07 Å². The van der Waals surface area contributed by atoms with Crippen molar-refractivity contribution in [2.45, 2.75) is 47.0 Å². The summed E-state index contributed by atoms with van der Waals surface area (Å²) in [5.74, 6) is -0.951. The van der Waals surface area contributed by atoms with Gasteiger partial charge in [0.25, 0.3) is 0 Å². The van der Waals surface area contributed by atoms with Gasteiger partial charge >= 0.3 is 0 Å². The van der Waals surface area contributed by atoms with Crippen LogP contribution in [0.3, 0.4) is 0 Å². The number of aromatic nitrogens is 3. The number of nitriles is 1. The lowest BCUT2D eigenvalue weighted by atomic mass is 9.83. The highest BCUT2D eigenvalue weighted by Gasteiger charge is 2.56. The molecule has 0 radical (unpaired) electrons. The first-order valence-electron chi connectivity index (χ1n) is 12.0. The number of anilines is 2. The predicted octanol–water partition coefficient (Wildman–Crippen LogP) is 4.61. The number of pyridine rings is 1. The summed E-state index contributed by atoms with van der Waals surface area (Å²) in [5.41, 5.74) is 3.64. The summed E-state index contributed by atoms with van der Waals surface area (Å²) < 4.78 is 16.3. The molecular weight excluding hydrogens is 459 g/mol. The standard InChI is InChI=1S/C27H27FN6O2/c1-15-13-34(32-17(15)3)24-11-20(28)10-22(31-18(4)35)25(24)23-12-21(9-16(2)30-23)33-8-7-27(14-29,26(33)36)19-5-6-19/h9-13,19H,5-8H2,1-4H3,(H,31,35)/t27-/m1/s1. The van der Waals surface area contributed by atoms with Crippen molar-refractivity contribution in [3.05, 3.63) is 53.2 Å². The molecule has 1 aliphatic carbocycles. The Balaban J connectivity index is 1.67. The Morgan fingerprint density at radius 3 is 2.58 bits per heavy atom. The molecule has 2 aromatic heterocycles. The molecule has 1 aromatic carbocycles. The highest BCUT2D eigenvalue weighted by atomic mass is 19.1. The third-order valence-electron chi connectivity index (χ3n) is 7.12. The summed E-state index contributed by atoms with van der Waals surface area (Å²) in [6, 6.07) is 8.49. The van der Waals surface area contributed by atoms with E-state index in [1.165, 1.54) is 19.1 Å². The molecule has 3 aromatic rings. The SMILES string of the molecule is CC(=O)Nc1cc(F)cc(-n2cc(C)c(C)n2)c1-c1cc(N2CC[C@@](C#N)(C3CC3)C2=O)cc(C)n1. The first-order valence-corrected chi connectivity index (χ1v) is 12.0. The fourth-order valence-corrected chi connectivity index (χ4v) is 5.07. The second kappa shape index (κ2) is 8.55. The largest absolute Gasteiger partial charge is 0.326 e. The Morgan fingerprint density at radius 1 is 1.22 bits per heavy atom. The molecule has 8 nitrogen and oxygen atoms in total. The average molecular weight is 487 g/mol. The van der Waals surface area contributed by atoms with Gasteiger partial charge in [-0.05, 0) is 69.7 Å². The van der Waals surface area contributed by atoms with Crippen molar-refractivity contribution < 1.29 is 14.0 Å². The molecule has 5 rings (SSSR count). The molecule has 1 N–H and O–H groups in total. The second-order valence-corrected chi connectivity index (χ2v) is 9.79. The van der Waals surface area contributed by atoms with Gasteiger partial charge in [0.05, 0.1) is 28.8 Å². The van der Waals surface area contributed by atoms with Gasteiger partial charge in [0.15, 0.2) is 0 Å². The van der Waals surface area contributed by atoms with Gasteiger partial charge in [0.2, 0.25) is 11.8 Å². The van der Waals surface area contributed by atoms with Crippen LogP contribution in [-0.2, 0) is 9.59 Å². The molecule has 3 heterocycles. The molecule has 36 heavy (non-hydrogen) atoms. The van der Waals surface area contributed by atoms with E-state index in [-0.39, 0.29) is 23.4 Å². The quantitative estimate of drug-likeness (QED) is 0.567. The summed E-state index contributed by atoms with van der Waals surface area (Å²) >= 11 is 0. The fraction of sp³-hybridized carbons (Fsp3) is 0.370. The van der Waals surface area contributed by atoms with Gasteiger partial charge in [0, 0.05) is 42.7 Å². The molecule has 1 saturated carbocycles. The molecule has 0 bridgehead atoms. The van der Waals surface area contributed by atoms with E-state index in [1.54, 1.807) is 21.8 Å². The van der Waals surface area contributed by atoms with Crippen LogP contribution in [0.25, 0.3) is 16.9 Å². The zero-order chi connectivity index (χ0) is 25.8. The number of carbonyl (C=O) groups excluding carboxylic acids is 2. The van der Waals surface area contributed by atoms with Crippen molar-refractivity contribution in [3.63, 3.8) is 0 Å². The maximum absolute atomic E-state index is 14.7. The molecule has 1 aliphatic heterocycles. The van der Waals surface area contributed by atoms with Crippen LogP contribution in [-0.4, -0.2) is 33.1 Å². The first-order chi connectivity index (χ1) is 17.1. The Hall–Kier alpha value is -4.06. The van der Waals surface area contributed by atoms with E-state index in [9.17, 15) is 19.2 Å². The third-order valence-corrected chi connectivity index (χ3v) is 7.12. The highest BCUT2D eigenvalue weighted by Crippen LogP contribution is 2.52. The van der Waals surface area contributed by atoms with Gasteiger partial charge in [-0.15, -0.1) is 0 Å². The Kier molecular flexibility index (Phi) is 5.62. The number of rotatable bonds is 5. The minimum absolute atomic E-state index is 0.115. The molecule has 1 saturated heterocycles. The number of halogens is 1. The van der Waals surface area contributed by atoms with Crippen LogP contribution in [0, 0.1) is 49.3 Å². The third kappa shape index (κ3) is 3.92. The number of hydrogen-bond acceptors (Lipinski definition) is 5. The van der Waals surface area contributed by atoms with E-state index in [2.05, 4.69) is 16.5 Å². The van der Waals surface area contributed by atoms with E-state index < -0.39 is 11.2 Å². The zero-order valence-electron chi connectivity index (χ0n) is 20.7. The van der Waals surface area contributed by atoms with E-state index >= 15 is 0 Å². The van der Waals surface area contributed by atoms with Crippen LogP contribution in [0.2, 0.25) is 0 Å². The average Bonchev–Trinajstić information content (AvgIpc) is 3.53. The van der Waals surface area contributed by atoms with E-state index in [0.29, 0.717) is 41.3 Å². The molecule has 2 fully saturated rings. The lowest BCUT2D eigenvalue weighted by molar-refractivity contribution is -0.123. The smallest absolute Gasteiger partial charge is 0.247 e. The van der Waals surface area contributed by atoms with Crippen LogP contribution in [0.4, 0.5) is 15.8 Å². The van der Waals surface area contributed by atoms with Crippen LogP contribution < -0.4 is 10.2 Å². The second-order valence-electron chi connectivity index (χ2n) is 9.79. The van der Waals surface area contributed by atoms with Gasteiger partial charge in [-0.3, -0.25) is 14.6 Å². The van der Waals surface area contributed by atoms with Crippen molar-refractivity contribution in [1.29, 1.82) is 5.26 Å². The fourth-order valence-electron chi connectivity index (χ4n) is 5.07. The molecule has 9 heteroatoms. The van der Waals surface area contributed by atoms with Crippen molar-refractivity contribution >= 4 is 23.2 Å². The van der Waals surface area contributed by atoms with Crippen molar-refractivity contribution in [2.24, 2.45) is 11.3 Å².